The summed E-state index contributed by atoms with van der Waals surface area (Å²) in [5.41, 5.74) is 6.14. The fourth-order valence-electron chi connectivity index (χ4n) is 3.25. The molecule has 7 heteroatoms. The van der Waals surface area contributed by atoms with Crippen molar-refractivity contribution >= 4 is 56.5 Å². The maximum absolute atomic E-state index is 12.6. The van der Waals surface area contributed by atoms with Crippen molar-refractivity contribution in [2.75, 3.05) is 16.4 Å². The minimum atomic E-state index is -0.135. The van der Waals surface area contributed by atoms with Crippen LogP contribution in [0.3, 0.4) is 0 Å². The van der Waals surface area contributed by atoms with Gasteiger partial charge in [0.25, 0.3) is 5.91 Å². The lowest BCUT2D eigenvalue weighted by molar-refractivity contribution is -0.113. The Morgan fingerprint density at radius 3 is 2.56 bits per heavy atom. The molecule has 1 aromatic heterocycles. The number of hydrogen-bond donors (Lipinski definition) is 2. The van der Waals surface area contributed by atoms with Crippen LogP contribution in [-0.4, -0.2) is 22.6 Å². The molecule has 0 spiro atoms. The predicted octanol–water partition coefficient (Wildman–Crippen LogP) is 6.20. The van der Waals surface area contributed by atoms with Crippen molar-refractivity contribution in [2.45, 2.75) is 25.1 Å². The number of fused-ring (bicyclic) bond motifs is 1. The molecule has 162 valence electrons. The zero-order valence-corrected chi connectivity index (χ0v) is 19.7. The molecule has 0 saturated heterocycles. The fourth-order valence-corrected chi connectivity index (χ4v) is 5.16. The van der Waals surface area contributed by atoms with Gasteiger partial charge in [0.1, 0.15) is 0 Å². The molecule has 0 aliphatic rings. The number of nitrogens with zero attached hydrogens (tertiary/aromatic N) is 1. The van der Waals surface area contributed by atoms with E-state index >= 15 is 0 Å². The molecule has 32 heavy (non-hydrogen) atoms. The Morgan fingerprint density at radius 2 is 1.75 bits per heavy atom. The Balaban J connectivity index is 1.40. The molecular formula is C25H23N3O2S2. The largest absolute Gasteiger partial charge is 0.325 e. The lowest BCUT2D eigenvalue weighted by Gasteiger charge is -2.08. The number of aryl methyl sites for hydroxylation is 3. The smallest absolute Gasteiger partial charge is 0.255 e. The highest BCUT2D eigenvalue weighted by atomic mass is 32.2. The van der Waals surface area contributed by atoms with Crippen molar-refractivity contribution in [3.05, 3.63) is 82.9 Å². The number of nitrogens with one attached hydrogen (secondary N) is 2. The standard InChI is InChI=1S/C25H23N3O2S2/c1-15-8-9-17(3)21(12-15)27-23(29)14-31-25-28-20-11-10-18(13-22(20)32-25)26-24(30)19-7-5-4-6-16(19)2/h4-13H,14H2,1-3H3,(H,26,30)(H,27,29). The number of carbonyl (C=O) groups excluding carboxylic acids is 2. The normalized spacial score (nSPS) is 10.8. The number of rotatable bonds is 6. The third-order valence-electron chi connectivity index (χ3n) is 5.01. The van der Waals surface area contributed by atoms with Crippen LogP contribution in [0.5, 0.6) is 0 Å². The molecule has 0 bridgehead atoms. The lowest BCUT2D eigenvalue weighted by atomic mass is 10.1. The van der Waals surface area contributed by atoms with E-state index in [0.29, 0.717) is 5.56 Å². The second-order valence-corrected chi connectivity index (χ2v) is 9.84. The van der Waals surface area contributed by atoms with Crippen LogP contribution < -0.4 is 10.6 Å². The van der Waals surface area contributed by atoms with E-state index in [-0.39, 0.29) is 17.6 Å². The highest BCUT2D eigenvalue weighted by Gasteiger charge is 2.12. The highest BCUT2D eigenvalue weighted by Crippen LogP contribution is 2.31. The topological polar surface area (TPSA) is 71.1 Å². The summed E-state index contributed by atoms with van der Waals surface area (Å²) in [5, 5.41) is 5.93. The van der Waals surface area contributed by atoms with Gasteiger partial charge in [-0.15, -0.1) is 11.3 Å². The third kappa shape index (κ3) is 5.18. The average Bonchev–Trinajstić information content (AvgIpc) is 3.17. The molecule has 2 N–H and O–H groups in total. The molecule has 2 amide bonds. The summed E-state index contributed by atoms with van der Waals surface area (Å²) in [6.07, 6.45) is 0. The Hall–Kier alpha value is -3.16. The summed E-state index contributed by atoms with van der Waals surface area (Å²) in [6.45, 7) is 5.90. The maximum atomic E-state index is 12.6. The van der Waals surface area contributed by atoms with E-state index < -0.39 is 0 Å². The Kier molecular flexibility index (Phi) is 6.58. The second-order valence-electron chi connectivity index (χ2n) is 7.59. The number of carbonyl (C=O) groups is 2. The van der Waals surface area contributed by atoms with Gasteiger partial charge >= 0.3 is 0 Å². The number of aromatic nitrogens is 1. The van der Waals surface area contributed by atoms with Crippen LogP contribution in [0.25, 0.3) is 10.2 Å². The van der Waals surface area contributed by atoms with Gasteiger partial charge in [-0.3, -0.25) is 9.59 Å². The molecule has 4 rings (SSSR count). The zero-order chi connectivity index (χ0) is 22.7. The molecular weight excluding hydrogens is 438 g/mol. The van der Waals surface area contributed by atoms with Crippen molar-refractivity contribution in [1.82, 2.24) is 4.98 Å². The quantitative estimate of drug-likeness (QED) is 0.335. The first-order chi connectivity index (χ1) is 15.4. The summed E-state index contributed by atoms with van der Waals surface area (Å²) in [6, 6.07) is 19.2. The fraction of sp³-hybridized carbons (Fsp3) is 0.160. The molecule has 4 aromatic rings. The molecule has 0 fully saturated rings. The number of benzene rings is 3. The van der Waals surface area contributed by atoms with Gasteiger partial charge in [-0.1, -0.05) is 42.1 Å². The highest BCUT2D eigenvalue weighted by molar-refractivity contribution is 8.01. The first-order valence-corrected chi connectivity index (χ1v) is 12.0. The predicted molar refractivity (Wildman–Crippen MR) is 134 cm³/mol. The van der Waals surface area contributed by atoms with Crippen LogP contribution in [0.15, 0.2) is 65.0 Å². The Labute approximate surface area is 195 Å². The summed E-state index contributed by atoms with van der Waals surface area (Å²) in [7, 11) is 0. The van der Waals surface area contributed by atoms with Crippen LogP contribution in [0.1, 0.15) is 27.0 Å². The number of thioether (sulfide) groups is 1. The molecule has 0 atom stereocenters. The average molecular weight is 462 g/mol. The van der Waals surface area contributed by atoms with Gasteiger partial charge in [-0.25, -0.2) is 4.98 Å². The van der Waals surface area contributed by atoms with Gasteiger partial charge in [0, 0.05) is 16.9 Å². The number of amides is 2. The van der Waals surface area contributed by atoms with E-state index in [9.17, 15) is 9.59 Å². The molecule has 0 saturated carbocycles. The SMILES string of the molecule is Cc1ccc(C)c(NC(=O)CSc2nc3ccc(NC(=O)c4ccccc4C)cc3s2)c1. The molecule has 0 aliphatic carbocycles. The van der Waals surface area contributed by atoms with Gasteiger partial charge in [0.15, 0.2) is 4.34 Å². The molecule has 3 aromatic carbocycles. The maximum Gasteiger partial charge on any atom is 0.255 e. The zero-order valence-electron chi connectivity index (χ0n) is 18.1. The van der Waals surface area contributed by atoms with Crippen molar-refractivity contribution in [1.29, 1.82) is 0 Å². The number of thiazole rings is 1. The van der Waals surface area contributed by atoms with Gasteiger partial charge in [-0.05, 0) is 67.8 Å². The van der Waals surface area contributed by atoms with Gasteiger partial charge < -0.3 is 10.6 Å². The summed E-state index contributed by atoms with van der Waals surface area (Å²) in [5.74, 6) is 0.0863. The van der Waals surface area contributed by atoms with E-state index in [1.807, 2.05) is 81.4 Å². The molecule has 1 heterocycles. The first kappa shape index (κ1) is 22.0. The van der Waals surface area contributed by atoms with E-state index in [1.165, 1.54) is 23.1 Å². The van der Waals surface area contributed by atoms with Crippen molar-refractivity contribution in [3.8, 4) is 0 Å². The van der Waals surface area contributed by atoms with Crippen LogP contribution in [0, 0.1) is 20.8 Å². The first-order valence-electron chi connectivity index (χ1n) is 10.2. The molecule has 5 nitrogen and oxygen atoms in total. The summed E-state index contributed by atoms with van der Waals surface area (Å²) in [4.78, 5) is 29.6. The lowest BCUT2D eigenvalue weighted by Crippen LogP contribution is -2.14. The van der Waals surface area contributed by atoms with Gasteiger partial charge in [0.05, 0.1) is 16.0 Å². The van der Waals surface area contributed by atoms with Crippen molar-refractivity contribution < 1.29 is 9.59 Å². The third-order valence-corrected chi connectivity index (χ3v) is 7.17. The molecule has 0 aliphatic heterocycles. The van der Waals surface area contributed by atoms with E-state index in [2.05, 4.69) is 15.6 Å². The van der Waals surface area contributed by atoms with Crippen molar-refractivity contribution in [2.24, 2.45) is 0 Å². The van der Waals surface area contributed by atoms with Gasteiger partial charge in [0.2, 0.25) is 5.91 Å². The minimum absolute atomic E-state index is 0.0610. The second kappa shape index (κ2) is 9.54. The van der Waals surface area contributed by atoms with Crippen LogP contribution in [0.4, 0.5) is 11.4 Å². The Bertz CT molecular complexity index is 1310. The van der Waals surface area contributed by atoms with E-state index in [0.717, 1.165) is 42.6 Å². The summed E-state index contributed by atoms with van der Waals surface area (Å²) < 4.78 is 1.78. The summed E-state index contributed by atoms with van der Waals surface area (Å²) >= 11 is 2.92. The van der Waals surface area contributed by atoms with Crippen LogP contribution in [-0.2, 0) is 4.79 Å². The Morgan fingerprint density at radius 1 is 0.938 bits per heavy atom. The van der Waals surface area contributed by atoms with E-state index in [4.69, 9.17) is 0 Å². The van der Waals surface area contributed by atoms with Gasteiger partial charge in [-0.2, -0.15) is 0 Å². The monoisotopic (exact) mass is 461 g/mol. The molecule has 0 radical (unpaired) electrons. The number of anilines is 2. The minimum Gasteiger partial charge on any atom is -0.325 e. The van der Waals surface area contributed by atoms with Crippen LogP contribution >= 0.6 is 23.1 Å². The van der Waals surface area contributed by atoms with Crippen LogP contribution in [0.2, 0.25) is 0 Å². The number of hydrogen-bond acceptors (Lipinski definition) is 5. The molecule has 0 unspecified atom stereocenters. The van der Waals surface area contributed by atoms with Crippen molar-refractivity contribution in [3.63, 3.8) is 0 Å². The van der Waals surface area contributed by atoms with E-state index in [1.54, 1.807) is 0 Å².